The van der Waals surface area contributed by atoms with Gasteiger partial charge in [0, 0.05) is 6.20 Å². The van der Waals surface area contributed by atoms with E-state index >= 15 is 0 Å². The van der Waals surface area contributed by atoms with Gasteiger partial charge in [0.2, 0.25) is 0 Å². The van der Waals surface area contributed by atoms with Crippen molar-refractivity contribution in [2.24, 2.45) is 0 Å². The lowest BCUT2D eigenvalue weighted by Gasteiger charge is -2.20. The second-order valence-corrected chi connectivity index (χ2v) is 3.71. The number of rotatable bonds is 2. The fraction of sp³-hybridized carbons (Fsp3) is 0.417. The molecule has 0 radical (unpaired) electrons. The van der Waals surface area contributed by atoms with Crippen LogP contribution in [0.2, 0.25) is 0 Å². The van der Waals surface area contributed by atoms with Gasteiger partial charge in [0.25, 0.3) is 0 Å². The molecule has 0 aromatic carbocycles. The number of aliphatic hydroxyl groups is 1. The predicted molar refractivity (Wildman–Crippen MR) is 57.2 cm³/mol. The van der Waals surface area contributed by atoms with Crippen molar-refractivity contribution in [3.8, 4) is 0 Å². The van der Waals surface area contributed by atoms with Gasteiger partial charge in [-0.15, -0.1) is 0 Å². The predicted octanol–water partition coefficient (Wildman–Crippen LogP) is 2.12. The average Bonchev–Trinajstić information content (AvgIpc) is 2.30. The van der Waals surface area contributed by atoms with Gasteiger partial charge in [0.15, 0.2) is 6.10 Å². The Hall–Kier alpha value is -1.35. The third kappa shape index (κ3) is 2.18. The highest BCUT2D eigenvalue weighted by Gasteiger charge is 2.19. The van der Waals surface area contributed by atoms with Gasteiger partial charge in [0.05, 0.1) is 12.3 Å². The maximum absolute atomic E-state index is 10.1. The van der Waals surface area contributed by atoms with Crippen LogP contribution < -0.4 is 0 Å². The number of hydrogen-bond acceptors (Lipinski definition) is 3. The first-order valence-corrected chi connectivity index (χ1v) is 5.21. The summed E-state index contributed by atoms with van der Waals surface area (Å²) in [7, 11) is 0. The minimum absolute atomic E-state index is 0.642. The van der Waals surface area contributed by atoms with Gasteiger partial charge >= 0.3 is 0 Å². The number of ether oxygens (including phenoxy) is 1. The van der Waals surface area contributed by atoms with Crippen molar-refractivity contribution in [3.05, 3.63) is 41.4 Å². The molecule has 3 nitrogen and oxygen atoms in total. The zero-order chi connectivity index (χ0) is 10.7. The maximum Gasteiger partial charge on any atom is 0.153 e. The third-order valence-corrected chi connectivity index (χ3v) is 2.54. The molecule has 1 aromatic heterocycles. The fourth-order valence-corrected chi connectivity index (χ4v) is 1.69. The molecule has 80 valence electrons. The van der Waals surface area contributed by atoms with E-state index in [-0.39, 0.29) is 0 Å². The van der Waals surface area contributed by atoms with Crippen LogP contribution in [0.4, 0.5) is 0 Å². The van der Waals surface area contributed by atoms with Crippen LogP contribution in [0.1, 0.15) is 30.2 Å². The smallest absolute Gasteiger partial charge is 0.153 e. The van der Waals surface area contributed by atoms with E-state index in [1.54, 1.807) is 6.20 Å². The first kappa shape index (κ1) is 10.2. The Labute approximate surface area is 89.4 Å². The van der Waals surface area contributed by atoms with Gasteiger partial charge < -0.3 is 9.84 Å². The minimum Gasteiger partial charge on any atom is -0.495 e. The van der Waals surface area contributed by atoms with Crippen LogP contribution in [-0.4, -0.2) is 16.7 Å². The van der Waals surface area contributed by atoms with Crippen LogP contribution in [0.3, 0.4) is 0 Å². The second kappa shape index (κ2) is 4.45. The summed E-state index contributed by atoms with van der Waals surface area (Å²) in [6, 6.07) is 3.80. The van der Waals surface area contributed by atoms with Gasteiger partial charge in [-0.3, -0.25) is 4.98 Å². The molecule has 2 rings (SSSR count). The van der Waals surface area contributed by atoms with Gasteiger partial charge in [0.1, 0.15) is 5.76 Å². The molecule has 0 fully saturated rings. The molecule has 15 heavy (non-hydrogen) atoms. The van der Waals surface area contributed by atoms with E-state index in [2.05, 4.69) is 4.98 Å². The Morgan fingerprint density at radius 3 is 3.07 bits per heavy atom. The number of aliphatic hydroxyl groups excluding tert-OH is 1. The van der Waals surface area contributed by atoms with Crippen LogP contribution >= 0.6 is 0 Å². The highest BCUT2D eigenvalue weighted by atomic mass is 16.5. The molecule has 0 amide bonds. The third-order valence-electron chi connectivity index (χ3n) is 2.54. The topological polar surface area (TPSA) is 42.4 Å². The van der Waals surface area contributed by atoms with E-state index in [1.807, 2.05) is 25.1 Å². The summed E-state index contributed by atoms with van der Waals surface area (Å²) in [5, 5.41) is 10.1. The average molecular weight is 205 g/mol. The molecule has 1 N–H and O–H groups in total. The fourth-order valence-electron chi connectivity index (χ4n) is 1.69. The standard InChI is InChI=1S/C12H15NO2/c1-9-5-4-7-13-11(9)12(14)10-6-2-3-8-15-10/h4-7,12,14H,2-3,8H2,1H3. The lowest BCUT2D eigenvalue weighted by Crippen LogP contribution is -2.12. The highest BCUT2D eigenvalue weighted by molar-refractivity contribution is 5.25. The molecule has 0 spiro atoms. The molecule has 0 bridgehead atoms. The van der Waals surface area contributed by atoms with Crippen LogP contribution in [0, 0.1) is 6.92 Å². The molecule has 3 heteroatoms. The quantitative estimate of drug-likeness (QED) is 0.804. The minimum atomic E-state index is -0.716. The molecular formula is C12H15NO2. The normalized spacial score (nSPS) is 17.9. The van der Waals surface area contributed by atoms with Crippen molar-refractivity contribution in [2.75, 3.05) is 6.61 Å². The molecule has 1 aromatic rings. The lowest BCUT2D eigenvalue weighted by atomic mass is 10.1. The number of hydrogen-bond donors (Lipinski definition) is 1. The zero-order valence-corrected chi connectivity index (χ0v) is 8.81. The Morgan fingerprint density at radius 1 is 1.53 bits per heavy atom. The van der Waals surface area contributed by atoms with Crippen LogP contribution in [-0.2, 0) is 4.74 Å². The van der Waals surface area contributed by atoms with Crippen molar-refractivity contribution in [1.29, 1.82) is 0 Å². The summed E-state index contributed by atoms with van der Waals surface area (Å²) in [6.45, 7) is 2.63. The molecule has 1 unspecified atom stereocenters. The Balaban J connectivity index is 2.23. The van der Waals surface area contributed by atoms with Crippen molar-refractivity contribution in [2.45, 2.75) is 25.9 Å². The van der Waals surface area contributed by atoms with Crippen molar-refractivity contribution >= 4 is 0 Å². The lowest BCUT2D eigenvalue weighted by molar-refractivity contribution is 0.0891. The summed E-state index contributed by atoms with van der Waals surface area (Å²) in [5.41, 5.74) is 1.67. The Bertz CT molecular complexity index is 374. The molecular weight excluding hydrogens is 190 g/mol. The first-order valence-electron chi connectivity index (χ1n) is 5.21. The second-order valence-electron chi connectivity index (χ2n) is 3.71. The first-order chi connectivity index (χ1) is 7.29. The van der Waals surface area contributed by atoms with E-state index in [9.17, 15) is 5.11 Å². The molecule has 0 aliphatic carbocycles. The van der Waals surface area contributed by atoms with Gasteiger partial charge in [-0.2, -0.15) is 0 Å². The highest BCUT2D eigenvalue weighted by Crippen LogP contribution is 2.26. The number of nitrogens with zero attached hydrogens (tertiary/aromatic N) is 1. The Morgan fingerprint density at radius 2 is 2.40 bits per heavy atom. The summed E-state index contributed by atoms with van der Waals surface area (Å²) < 4.78 is 5.42. The van der Waals surface area contributed by atoms with E-state index in [0.717, 1.165) is 18.4 Å². The SMILES string of the molecule is Cc1cccnc1C(O)C1=CCCCO1. The van der Waals surface area contributed by atoms with Gasteiger partial charge in [-0.05, 0) is 37.5 Å². The molecule has 1 atom stereocenters. The zero-order valence-electron chi connectivity index (χ0n) is 8.81. The van der Waals surface area contributed by atoms with E-state index < -0.39 is 6.10 Å². The summed E-state index contributed by atoms with van der Waals surface area (Å²) >= 11 is 0. The molecule has 0 saturated heterocycles. The maximum atomic E-state index is 10.1. The van der Waals surface area contributed by atoms with E-state index in [0.29, 0.717) is 18.1 Å². The van der Waals surface area contributed by atoms with Crippen LogP contribution in [0.15, 0.2) is 30.2 Å². The number of aryl methyl sites for hydroxylation is 1. The van der Waals surface area contributed by atoms with Crippen LogP contribution in [0.25, 0.3) is 0 Å². The summed E-state index contributed by atoms with van der Waals surface area (Å²) in [6.07, 6.45) is 4.92. The van der Waals surface area contributed by atoms with Gasteiger partial charge in [-0.1, -0.05) is 6.07 Å². The molecule has 1 aliphatic heterocycles. The monoisotopic (exact) mass is 205 g/mol. The van der Waals surface area contributed by atoms with E-state index in [1.165, 1.54) is 0 Å². The van der Waals surface area contributed by atoms with Crippen molar-refractivity contribution in [3.63, 3.8) is 0 Å². The van der Waals surface area contributed by atoms with Crippen molar-refractivity contribution in [1.82, 2.24) is 4.98 Å². The number of allylic oxidation sites excluding steroid dienone is 1. The largest absolute Gasteiger partial charge is 0.495 e. The number of aromatic nitrogens is 1. The molecule has 2 heterocycles. The number of pyridine rings is 1. The summed E-state index contributed by atoms with van der Waals surface area (Å²) in [4.78, 5) is 4.18. The van der Waals surface area contributed by atoms with Gasteiger partial charge in [-0.25, -0.2) is 0 Å². The van der Waals surface area contributed by atoms with E-state index in [4.69, 9.17) is 4.74 Å². The Kier molecular flexibility index (Phi) is 3.02. The van der Waals surface area contributed by atoms with Crippen molar-refractivity contribution < 1.29 is 9.84 Å². The van der Waals surface area contributed by atoms with Crippen LogP contribution in [0.5, 0.6) is 0 Å². The molecule has 0 saturated carbocycles. The summed E-state index contributed by atoms with van der Waals surface area (Å²) in [5.74, 6) is 0.642. The molecule has 1 aliphatic rings.